The lowest BCUT2D eigenvalue weighted by molar-refractivity contribution is -0.144. The van der Waals surface area contributed by atoms with Gasteiger partial charge in [-0.1, -0.05) is 0 Å². The first-order valence-corrected chi connectivity index (χ1v) is 12.7. The molecule has 0 radical (unpaired) electrons. The normalized spacial score (nSPS) is 20.3. The zero-order valence-corrected chi connectivity index (χ0v) is 21.1. The van der Waals surface area contributed by atoms with E-state index in [2.05, 4.69) is 20.7 Å². The minimum absolute atomic E-state index is 0.0340. The second-order valence-corrected chi connectivity index (χ2v) is 9.47. The molecule has 1 N–H and O–H groups in total. The summed E-state index contributed by atoms with van der Waals surface area (Å²) in [5.74, 6) is 1.79. The van der Waals surface area contributed by atoms with Gasteiger partial charge in [-0.25, -0.2) is 0 Å². The molecule has 12 nitrogen and oxygen atoms in total. The number of amides is 2. The Hall–Kier alpha value is -3.51. The highest BCUT2D eigenvalue weighted by atomic mass is 16.5. The fourth-order valence-corrected chi connectivity index (χ4v) is 4.68. The van der Waals surface area contributed by atoms with Gasteiger partial charge < -0.3 is 28.5 Å². The fraction of sp³-hybridized carbons (Fsp3) is 0.560. The second-order valence-electron chi connectivity index (χ2n) is 9.47. The van der Waals surface area contributed by atoms with Crippen LogP contribution >= 0.6 is 0 Å². The third kappa shape index (κ3) is 6.08. The molecule has 2 aliphatic heterocycles. The van der Waals surface area contributed by atoms with Gasteiger partial charge in [0.2, 0.25) is 11.7 Å². The van der Waals surface area contributed by atoms with Crippen LogP contribution in [0.4, 0.5) is 0 Å². The summed E-state index contributed by atoms with van der Waals surface area (Å²) in [5, 5.41) is 15.3. The van der Waals surface area contributed by atoms with E-state index in [9.17, 15) is 9.59 Å². The number of carbonyl (C=O) groups is 2. The minimum Gasteiger partial charge on any atom is -0.464 e. The minimum atomic E-state index is -0.984. The number of nitrogens with one attached hydrogen (secondary N) is 1. The van der Waals surface area contributed by atoms with Crippen LogP contribution in [0.2, 0.25) is 0 Å². The maximum Gasteiger partial charge on any atom is 0.250 e. The molecule has 0 unspecified atom stereocenters. The molecule has 2 aliphatic rings. The van der Waals surface area contributed by atoms with E-state index in [0.717, 1.165) is 31.4 Å². The monoisotopic (exact) mass is 512 g/mol. The van der Waals surface area contributed by atoms with E-state index in [-0.39, 0.29) is 42.9 Å². The standard InChI is InChI=1S/C25H32N6O6/c1-16-7-9-20(36-16)23(25(33)26-13-18-5-3-11-34-18)30(14-19-6-4-12-35-19)22(32)15-31-28-24(27-29-31)21-10-8-17(2)37-21/h7-10,18-19,23H,3-6,11-15H2,1-2H3,(H,26,33)/t18-,19-,23+/m0/s1. The molecule has 5 rings (SSSR count). The van der Waals surface area contributed by atoms with Crippen molar-refractivity contribution in [1.82, 2.24) is 30.4 Å². The van der Waals surface area contributed by atoms with Crippen LogP contribution < -0.4 is 5.32 Å². The maximum absolute atomic E-state index is 13.7. The summed E-state index contributed by atoms with van der Waals surface area (Å²) in [6.45, 7) is 5.32. The Morgan fingerprint density at radius 2 is 1.78 bits per heavy atom. The van der Waals surface area contributed by atoms with E-state index in [1.807, 2.05) is 6.92 Å². The first-order valence-electron chi connectivity index (χ1n) is 12.7. The predicted molar refractivity (Wildman–Crippen MR) is 129 cm³/mol. The molecule has 0 saturated carbocycles. The van der Waals surface area contributed by atoms with Crippen LogP contribution in [0, 0.1) is 13.8 Å². The zero-order valence-electron chi connectivity index (χ0n) is 21.1. The van der Waals surface area contributed by atoms with Crippen molar-refractivity contribution in [2.24, 2.45) is 0 Å². The van der Waals surface area contributed by atoms with Gasteiger partial charge in [0.1, 0.15) is 23.8 Å². The molecule has 5 heterocycles. The van der Waals surface area contributed by atoms with E-state index in [1.165, 1.54) is 9.70 Å². The molecule has 2 fully saturated rings. The molecule has 2 amide bonds. The lowest BCUT2D eigenvalue weighted by Gasteiger charge is -2.31. The van der Waals surface area contributed by atoms with Crippen molar-refractivity contribution in [3.8, 4) is 11.6 Å². The van der Waals surface area contributed by atoms with Gasteiger partial charge in [-0.05, 0) is 69.0 Å². The first kappa shape index (κ1) is 25.2. The third-order valence-corrected chi connectivity index (χ3v) is 6.55. The van der Waals surface area contributed by atoms with Gasteiger partial charge in [-0.3, -0.25) is 9.59 Å². The average molecular weight is 513 g/mol. The number of carbonyl (C=O) groups excluding carboxylic acids is 2. The molecular weight excluding hydrogens is 480 g/mol. The van der Waals surface area contributed by atoms with E-state index in [4.69, 9.17) is 18.3 Å². The van der Waals surface area contributed by atoms with E-state index < -0.39 is 6.04 Å². The molecule has 0 aromatic carbocycles. The van der Waals surface area contributed by atoms with Gasteiger partial charge in [0, 0.05) is 26.3 Å². The van der Waals surface area contributed by atoms with Gasteiger partial charge in [0.05, 0.1) is 12.2 Å². The molecule has 3 atom stereocenters. The number of hydrogen-bond acceptors (Lipinski definition) is 9. The predicted octanol–water partition coefficient (Wildman–Crippen LogP) is 2.19. The topological polar surface area (TPSA) is 138 Å². The van der Waals surface area contributed by atoms with Crippen molar-refractivity contribution in [3.63, 3.8) is 0 Å². The van der Waals surface area contributed by atoms with Crippen LogP contribution in [0.25, 0.3) is 11.6 Å². The molecule has 2 saturated heterocycles. The highest BCUT2D eigenvalue weighted by Gasteiger charge is 2.37. The molecular formula is C25H32N6O6. The highest BCUT2D eigenvalue weighted by Crippen LogP contribution is 2.27. The lowest BCUT2D eigenvalue weighted by Crippen LogP contribution is -2.48. The lowest BCUT2D eigenvalue weighted by atomic mass is 10.1. The van der Waals surface area contributed by atoms with Crippen LogP contribution in [-0.4, -0.2) is 75.4 Å². The molecule has 3 aromatic heterocycles. The van der Waals surface area contributed by atoms with Crippen LogP contribution in [0.1, 0.15) is 49.0 Å². The summed E-state index contributed by atoms with van der Waals surface area (Å²) in [7, 11) is 0. The summed E-state index contributed by atoms with van der Waals surface area (Å²) in [4.78, 5) is 30.0. The van der Waals surface area contributed by atoms with Gasteiger partial charge in [0.25, 0.3) is 5.91 Å². The Balaban J connectivity index is 1.38. The van der Waals surface area contributed by atoms with Crippen molar-refractivity contribution < 1.29 is 27.9 Å². The number of aromatic nitrogens is 4. The first-order chi connectivity index (χ1) is 18.0. The molecule has 0 spiro atoms. The van der Waals surface area contributed by atoms with E-state index >= 15 is 0 Å². The third-order valence-electron chi connectivity index (χ3n) is 6.55. The Labute approximate surface area is 214 Å². The number of tetrazole rings is 1. The smallest absolute Gasteiger partial charge is 0.250 e. The Bertz CT molecular complexity index is 1210. The Morgan fingerprint density at radius 1 is 1.05 bits per heavy atom. The average Bonchev–Trinajstić information content (AvgIpc) is 3.69. The summed E-state index contributed by atoms with van der Waals surface area (Å²) in [5.41, 5.74) is 0. The van der Waals surface area contributed by atoms with Gasteiger partial charge in [-0.2, -0.15) is 4.80 Å². The van der Waals surface area contributed by atoms with Crippen molar-refractivity contribution in [1.29, 1.82) is 0 Å². The fourth-order valence-electron chi connectivity index (χ4n) is 4.68. The molecule has 198 valence electrons. The molecule has 12 heteroatoms. The number of ether oxygens (including phenoxy) is 2. The SMILES string of the molecule is Cc1ccc(-c2nnn(CC(=O)N(C[C@@H]3CCCO3)[C@@H](C(=O)NC[C@@H]3CCCO3)c3ccc(C)o3)n2)o1. The molecule has 37 heavy (non-hydrogen) atoms. The summed E-state index contributed by atoms with van der Waals surface area (Å²) in [6, 6.07) is 6.07. The van der Waals surface area contributed by atoms with Crippen molar-refractivity contribution >= 4 is 11.8 Å². The summed E-state index contributed by atoms with van der Waals surface area (Å²) < 4.78 is 22.9. The van der Waals surface area contributed by atoms with Crippen molar-refractivity contribution in [2.45, 2.75) is 64.3 Å². The van der Waals surface area contributed by atoms with Crippen LogP contribution in [0.3, 0.4) is 0 Å². The summed E-state index contributed by atoms with van der Waals surface area (Å²) >= 11 is 0. The number of aryl methyl sites for hydroxylation is 2. The van der Waals surface area contributed by atoms with Gasteiger partial charge in [-0.15, -0.1) is 10.2 Å². The molecule has 3 aromatic rings. The van der Waals surface area contributed by atoms with Crippen molar-refractivity contribution in [2.75, 3.05) is 26.3 Å². The van der Waals surface area contributed by atoms with Gasteiger partial charge >= 0.3 is 0 Å². The van der Waals surface area contributed by atoms with Crippen LogP contribution in [-0.2, 0) is 25.6 Å². The number of hydrogen-bond donors (Lipinski definition) is 1. The molecule has 0 aliphatic carbocycles. The quantitative estimate of drug-likeness (QED) is 0.433. The summed E-state index contributed by atoms with van der Waals surface area (Å²) in [6.07, 6.45) is 3.34. The Kier molecular flexibility index (Phi) is 7.65. The largest absolute Gasteiger partial charge is 0.464 e. The number of nitrogens with zero attached hydrogens (tertiary/aromatic N) is 5. The molecule has 0 bridgehead atoms. The second kappa shape index (κ2) is 11.3. The zero-order chi connectivity index (χ0) is 25.8. The number of rotatable bonds is 10. The van der Waals surface area contributed by atoms with Crippen LogP contribution in [0.5, 0.6) is 0 Å². The Morgan fingerprint density at radius 3 is 2.43 bits per heavy atom. The number of furan rings is 2. The van der Waals surface area contributed by atoms with Crippen molar-refractivity contribution in [3.05, 3.63) is 41.5 Å². The maximum atomic E-state index is 13.7. The van der Waals surface area contributed by atoms with Crippen LogP contribution in [0.15, 0.2) is 33.1 Å². The van der Waals surface area contributed by atoms with E-state index in [0.29, 0.717) is 37.0 Å². The highest BCUT2D eigenvalue weighted by molar-refractivity contribution is 5.88. The van der Waals surface area contributed by atoms with Gasteiger partial charge in [0.15, 0.2) is 11.8 Å². The van der Waals surface area contributed by atoms with E-state index in [1.54, 1.807) is 31.2 Å².